The number of nitrogens with zero attached hydrogens (tertiary/aromatic N) is 1. The molecule has 1 aliphatic rings. The van der Waals surface area contributed by atoms with Crippen LogP contribution in [0.3, 0.4) is 0 Å². The first-order valence-corrected chi connectivity index (χ1v) is 7.47. The third-order valence-corrected chi connectivity index (χ3v) is 4.04. The lowest BCUT2D eigenvalue weighted by Crippen LogP contribution is -2.48. The van der Waals surface area contributed by atoms with E-state index in [-0.39, 0.29) is 11.7 Å². The lowest BCUT2D eigenvalue weighted by Gasteiger charge is -2.28. The van der Waals surface area contributed by atoms with E-state index in [1.54, 1.807) is 12.1 Å². The molecule has 1 heterocycles. The zero-order valence-corrected chi connectivity index (χ0v) is 12.8. The van der Waals surface area contributed by atoms with Crippen LogP contribution in [0.15, 0.2) is 24.3 Å². The molecule has 0 aromatic heterocycles. The Balaban J connectivity index is 1.86. The van der Waals surface area contributed by atoms with Crippen molar-refractivity contribution in [3.8, 4) is 0 Å². The summed E-state index contributed by atoms with van der Waals surface area (Å²) in [5.74, 6) is -0.377. The Hall–Kier alpha value is -1.46. The van der Waals surface area contributed by atoms with Crippen molar-refractivity contribution in [2.24, 2.45) is 0 Å². The third-order valence-electron chi connectivity index (χ3n) is 4.04. The van der Waals surface area contributed by atoms with Crippen LogP contribution in [0, 0.1) is 5.82 Å². The Labute approximate surface area is 125 Å². The molecule has 0 unspecified atom stereocenters. The van der Waals surface area contributed by atoms with Crippen molar-refractivity contribution >= 4 is 5.91 Å². The molecule has 4 nitrogen and oxygen atoms in total. The summed E-state index contributed by atoms with van der Waals surface area (Å²) in [7, 11) is 0. The van der Waals surface area contributed by atoms with Gasteiger partial charge in [0.1, 0.15) is 5.82 Å². The van der Waals surface area contributed by atoms with Crippen LogP contribution in [0.5, 0.6) is 0 Å². The first-order valence-electron chi connectivity index (χ1n) is 7.47. The van der Waals surface area contributed by atoms with E-state index >= 15 is 0 Å². The fourth-order valence-corrected chi connectivity index (χ4v) is 2.49. The van der Waals surface area contributed by atoms with E-state index < -0.39 is 5.41 Å². The number of carbonyl (C=O) groups excluding carboxylic acids is 1. The molecule has 116 valence electrons. The van der Waals surface area contributed by atoms with E-state index in [2.05, 4.69) is 15.5 Å². The Kier molecular flexibility index (Phi) is 5.31. The van der Waals surface area contributed by atoms with Crippen molar-refractivity contribution in [3.63, 3.8) is 0 Å². The van der Waals surface area contributed by atoms with Crippen molar-refractivity contribution < 1.29 is 9.18 Å². The minimum absolute atomic E-state index is 0.0664. The van der Waals surface area contributed by atoms with Crippen LogP contribution in [0.2, 0.25) is 0 Å². The van der Waals surface area contributed by atoms with Crippen LogP contribution in [-0.4, -0.2) is 50.1 Å². The van der Waals surface area contributed by atoms with E-state index in [0.717, 1.165) is 32.7 Å². The summed E-state index contributed by atoms with van der Waals surface area (Å²) < 4.78 is 13.3. The average molecular weight is 293 g/mol. The standard InChI is InChI=1S/C16H24FN3O/c1-16(2,13-4-3-5-14(17)12-13)15(21)19-8-11-20-9-6-18-7-10-20/h3-5,12,18H,6-11H2,1-2H3,(H,19,21). The number of hydrogen-bond donors (Lipinski definition) is 2. The van der Waals surface area contributed by atoms with Crippen LogP contribution < -0.4 is 10.6 Å². The Morgan fingerprint density at radius 3 is 2.76 bits per heavy atom. The largest absolute Gasteiger partial charge is 0.354 e. The van der Waals surface area contributed by atoms with Gasteiger partial charge in [0.15, 0.2) is 0 Å². The summed E-state index contributed by atoms with van der Waals surface area (Å²) in [5, 5.41) is 6.27. The van der Waals surface area contributed by atoms with Crippen molar-refractivity contribution in [1.29, 1.82) is 0 Å². The third kappa shape index (κ3) is 4.25. The van der Waals surface area contributed by atoms with Gasteiger partial charge >= 0.3 is 0 Å². The molecule has 1 aliphatic heterocycles. The number of benzene rings is 1. The smallest absolute Gasteiger partial charge is 0.230 e. The van der Waals surface area contributed by atoms with Gasteiger partial charge in [-0.1, -0.05) is 12.1 Å². The molecule has 2 rings (SSSR count). The SMILES string of the molecule is CC(C)(C(=O)NCCN1CCNCC1)c1cccc(F)c1. The number of nitrogens with one attached hydrogen (secondary N) is 2. The van der Waals surface area contributed by atoms with Crippen molar-refractivity contribution in [2.75, 3.05) is 39.3 Å². The lowest BCUT2D eigenvalue weighted by atomic mass is 9.83. The molecule has 0 radical (unpaired) electrons. The monoisotopic (exact) mass is 293 g/mol. The first kappa shape index (κ1) is 15.9. The molecule has 0 spiro atoms. The number of halogens is 1. The van der Waals surface area contributed by atoms with Gasteiger partial charge in [-0.3, -0.25) is 9.69 Å². The van der Waals surface area contributed by atoms with Crippen LogP contribution >= 0.6 is 0 Å². The molecular weight excluding hydrogens is 269 g/mol. The van der Waals surface area contributed by atoms with Gasteiger partial charge in [0.2, 0.25) is 5.91 Å². The molecular formula is C16H24FN3O. The number of amides is 1. The number of piperazine rings is 1. The lowest BCUT2D eigenvalue weighted by molar-refractivity contribution is -0.125. The fraction of sp³-hybridized carbons (Fsp3) is 0.562. The van der Waals surface area contributed by atoms with Crippen LogP contribution in [0.1, 0.15) is 19.4 Å². The molecule has 21 heavy (non-hydrogen) atoms. The van der Waals surface area contributed by atoms with Crippen molar-refractivity contribution in [2.45, 2.75) is 19.3 Å². The van der Waals surface area contributed by atoms with Gasteiger partial charge in [-0.15, -0.1) is 0 Å². The van der Waals surface area contributed by atoms with Gasteiger partial charge in [0.05, 0.1) is 5.41 Å². The summed E-state index contributed by atoms with van der Waals surface area (Å²) in [6.07, 6.45) is 0. The number of carbonyl (C=O) groups is 1. The van der Waals surface area contributed by atoms with E-state index in [0.29, 0.717) is 12.1 Å². The zero-order valence-electron chi connectivity index (χ0n) is 12.8. The van der Waals surface area contributed by atoms with E-state index in [1.165, 1.54) is 12.1 Å². The topological polar surface area (TPSA) is 44.4 Å². The zero-order chi connectivity index (χ0) is 15.3. The molecule has 1 aromatic carbocycles. The predicted octanol–water partition coefficient (Wildman–Crippen LogP) is 1.12. The first-order chi connectivity index (χ1) is 10.00. The molecule has 0 atom stereocenters. The van der Waals surface area contributed by atoms with Gasteiger partial charge in [-0.05, 0) is 31.5 Å². The number of hydrogen-bond acceptors (Lipinski definition) is 3. The second kappa shape index (κ2) is 7.00. The van der Waals surface area contributed by atoms with Gasteiger partial charge in [-0.25, -0.2) is 4.39 Å². The molecule has 1 aromatic rings. The maximum Gasteiger partial charge on any atom is 0.230 e. The molecule has 0 bridgehead atoms. The normalized spacial score (nSPS) is 16.7. The quantitative estimate of drug-likeness (QED) is 0.855. The molecule has 1 amide bonds. The Morgan fingerprint density at radius 2 is 2.10 bits per heavy atom. The van der Waals surface area contributed by atoms with E-state index in [1.807, 2.05) is 13.8 Å². The van der Waals surface area contributed by atoms with Gasteiger partial charge in [0.25, 0.3) is 0 Å². The second-order valence-corrected chi connectivity index (χ2v) is 5.98. The Bertz CT molecular complexity index is 484. The maximum atomic E-state index is 13.3. The van der Waals surface area contributed by atoms with Crippen LogP contribution in [-0.2, 0) is 10.2 Å². The van der Waals surface area contributed by atoms with Crippen LogP contribution in [0.4, 0.5) is 4.39 Å². The minimum Gasteiger partial charge on any atom is -0.354 e. The summed E-state index contributed by atoms with van der Waals surface area (Å²) in [5.41, 5.74) is -0.0341. The van der Waals surface area contributed by atoms with E-state index in [9.17, 15) is 9.18 Å². The summed E-state index contributed by atoms with van der Waals surface area (Å²) in [6.45, 7) is 9.16. The fourth-order valence-electron chi connectivity index (χ4n) is 2.49. The highest BCUT2D eigenvalue weighted by molar-refractivity contribution is 5.87. The molecule has 1 saturated heterocycles. The summed E-state index contributed by atoms with van der Waals surface area (Å²) >= 11 is 0. The van der Waals surface area contributed by atoms with Gasteiger partial charge in [-0.2, -0.15) is 0 Å². The van der Waals surface area contributed by atoms with Gasteiger partial charge in [0, 0.05) is 39.3 Å². The Morgan fingerprint density at radius 1 is 1.38 bits per heavy atom. The second-order valence-electron chi connectivity index (χ2n) is 5.98. The summed E-state index contributed by atoms with van der Waals surface area (Å²) in [4.78, 5) is 14.7. The highest BCUT2D eigenvalue weighted by Gasteiger charge is 2.29. The average Bonchev–Trinajstić information content (AvgIpc) is 2.48. The van der Waals surface area contributed by atoms with Gasteiger partial charge < -0.3 is 10.6 Å². The molecule has 0 aliphatic carbocycles. The highest BCUT2D eigenvalue weighted by atomic mass is 19.1. The van der Waals surface area contributed by atoms with Crippen molar-refractivity contribution in [1.82, 2.24) is 15.5 Å². The van der Waals surface area contributed by atoms with E-state index in [4.69, 9.17) is 0 Å². The molecule has 2 N–H and O–H groups in total. The summed E-state index contributed by atoms with van der Waals surface area (Å²) in [6, 6.07) is 6.25. The predicted molar refractivity (Wildman–Crippen MR) is 81.7 cm³/mol. The van der Waals surface area contributed by atoms with Crippen LogP contribution in [0.25, 0.3) is 0 Å². The molecule has 1 fully saturated rings. The molecule has 5 heteroatoms. The van der Waals surface area contributed by atoms with Crippen molar-refractivity contribution in [3.05, 3.63) is 35.6 Å². The minimum atomic E-state index is -0.731. The maximum absolute atomic E-state index is 13.3. The highest BCUT2D eigenvalue weighted by Crippen LogP contribution is 2.23. The number of rotatable bonds is 5. The molecule has 0 saturated carbocycles.